The van der Waals surface area contributed by atoms with Crippen molar-refractivity contribution in [2.24, 2.45) is 0 Å². The number of unbranched alkanes of at least 4 members (excludes halogenated alkanes) is 34. The Kier molecular flexibility index (Phi) is 132. The minimum Gasteiger partial charge on any atom is -0.415 e. The summed E-state index contributed by atoms with van der Waals surface area (Å²) >= 11 is 8.70. The highest BCUT2D eigenvalue weighted by Crippen LogP contribution is 2.19. The molecule has 0 aliphatic carbocycles. The maximum atomic E-state index is 8.00. The lowest BCUT2D eigenvalue weighted by atomic mass is 10.0. The third-order valence-electron chi connectivity index (χ3n) is 16.3. The van der Waals surface area contributed by atoms with Crippen molar-refractivity contribution < 1.29 is 84.9 Å². The summed E-state index contributed by atoms with van der Waals surface area (Å²) in [5, 5.41) is 0. The molecule has 0 saturated carbocycles. The van der Waals surface area contributed by atoms with E-state index in [1.54, 1.807) is 0 Å². The standard InChI is InChI=1S/C45H94O7SSi.C28H60O6SSi.5CH2O.CH4/c1-4-6-8-10-12-14-16-17-18-19-21-23-25-27-29-32-51-45-54(3,44-30-43-53)52-42-41-50-40-39-49-38-37-48-36-35-47-34-33-46-31-28-26-24-22-20-15-13-11-9-7-5-2;1-4-5-6-7-8-9-10-11-12-13-14-16-29-17-18-30-19-20-31-21-22-32-23-24-33-25-26-34-36(2,3)28-15-27-35;5*1-2;/h53H,4-45H2,1-3H3;35H,4-28H2,1-3H3;5*1H2;1H4. The van der Waals surface area contributed by atoms with Crippen LogP contribution in [0, 0.1) is 0 Å². The van der Waals surface area contributed by atoms with E-state index in [0.717, 1.165) is 81.7 Å². The second kappa shape index (κ2) is 115. The van der Waals surface area contributed by atoms with Crippen molar-refractivity contribution in [3.8, 4) is 0 Å². The number of hydrogen-bond donors (Lipinski definition) is 2. The first kappa shape index (κ1) is 116. The van der Waals surface area contributed by atoms with Crippen molar-refractivity contribution >= 4 is 75.8 Å². The van der Waals surface area contributed by atoms with Crippen LogP contribution in [-0.2, 0) is 84.9 Å². The highest BCUT2D eigenvalue weighted by molar-refractivity contribution is 7.80. The van der Waals surface area contributed by atoms with Crippen LogP contribution in [0.4, 0.5) is 0 Å². The zero-order valence-corrected chi connectivity index (χ0v) is 69.9. The van der Waals surface area contributed by atoms with E-state index in [9.17, 15) is 0 Å². The van der Waals surface area contributed by atoms with Gasteiger partial charge in [-0.1, -0.05) is 247 Å². The van der Waals surface area contributed by atoms with E-state index in [0.29, 0.717) is 132 Å². The van der Waals surface area contributed by atoms with E-state index >= 15 is 0 Å². The van der Waals surface area contributed by atoms with Crippen LogP contribution in [0.3, 0.4) is 0 Å². The third kappa shape index (κ3) is 118. The predicted molar refractivity (Wildman–Crippen MR) is 437 cm³/mol. The van der Waals surface area contributed by atoms with Gasteiger partial charge in [-0.25, -0.2) is 0 Å². The van der Waals surface area contributed by atoms with Gasteiger partial charge in [0.15, 0.2) is 8.32 Å². The SMILES string of the molecule is C.C=O.C=O.C=O.C=O.C=O.CCCCCCCCCCCCCCCCCOC[Si](C)(CCCS)OCCOCCOCCOCCOCCOCCCCCCCCCCCCC.CCCCCCCCCCCCCOCCOCCOCCOCCOCCO[Si](C)(C)CCCS. The number of rotatable bonds is 80. The Hall–Kier alpha value is -1.04. The van der Waals surface area contributed by atoms with Gasteiger partial charge < -0.3 is 84.9 Å². The molecule has 0 heterocycles. The molecule has 0 aliphatic heterocycles. The predicted octanol–water partition coefficient (Wildman–Crippen LogP) is 19.4. The molecule has 0 aromatic rings. The molecule has 0 aromatic carbocycles. The second-order valence-corrected chi connectivity index (χ2v) is 34.9. The van der Waals surface area contributed by atoms with Crippen LogP contribution in [0.1, 0.15) is 279 Å². The number of carbonyl (C=O) groups is 5. The van der Waals surface area contributed by atoms with E-state index in [-0.39, 0.29) is 7.43 Å². The molecule has 612 valence electrons. The minimum atomic E-state index is -1.92. The Bertz CT molecular complexity index is 1360. The topological polar surface area (TPSA) is 205 Å². The summed E-state index contributed by atoms with van der Waals surface area (Å²) in [6.07, 6.45) is 53.7. The minimum absolute atomic E-state index is 0. The summed E-state index contributed by atoms with van der Waals surface area (Å²) in [6.45, 7) is 38.2. The maximum Gasteiger partial charge on any atom is 0.215 e. The van der Waals surface area contributed by atoms with Crippen LogP contribution in [0.5, 0.6) is 0 Å². The number of thiol groups is 2. The largest absolute Gasteiger partial charge is 0.415 e. The molecule has 0 saturated heterocycles. The smallest absolute Gasteiger partial charge is 0.215 e. The van der Waals surface area contributed by atoms with Crippen molar-refractivity contribution in [2.75, 3.05) is 170 Å². The third-order valence-corrected chi connectivity index (χ3v) is 22.6. The fourth-order valence-corrected chi connectivity index (χ4v) is 15.7. The van der Waals surface area contributed by atoms with E-state index in [1.165, 1.54) is 218 Å². The maximum absolute atomic E-state index is 8.00. The van der Waals surface area contributed by atoms with Crippen molar-refractivity contribution in [2.45, 2.75) is 310 Å². The number of ether oxygens (including phenoxy) is 11. The normalized spacial score (nSPS) is 11.4. The van der Waals surface area contributed by atoms with Gasteiger partial charge in [0.25, 0.3) is 0 Å². The lowest BCUT2D eigenvalue weighted by Crippen LogP contribution is -2.41. The lowest BCUT2D eigenvalue weighted by Gasteiger charge is -2.27. The first-order valence-corrected chi connectivity index (χ1v) is 46.8. The monoisotopic (exact) mass is 1530 g/mol. The van der Waals surface area contributed by atoms with Gasteiger partial charge >= 0.3 is 0 Å². The average Bonchev–Trinajstić information content (AvgIpc) is 0.923. The van der Waals surface area contributed by atoms with E-state index < -0.39 is 16.6 Å². The molecule has 18 nitrogen and oxygen atoms in total. The molecule has 0 spiro atoms. The van der Waals surface area contributed by atoms with Gasteiger partial charge in [-0.2, -0.15) is 25.3 Å². The molecule has 0 N–H and O–H groups in total. The molecular weight excluding hydrogens is 1360 g/mol. The van der Waals surface area contributed by atoms with E-state index in [1.807, 2.05) is 33.9 Å². The van der Waals surface area contributed by atoms with E-state index in [2.05, 4.69) is 65.7 Å². The molecule has 0 amide bonds. The van der Waals surface area contributed by atoms with E-state index in [4.69, 9.17) is 84.9 Å². The molecule has 0 aromatic heterocycles. The van der Waals surface area contributed by atoms with Crippen LogP contribution in [-0.4, -0.2) is 220 Å². The lowest BCUT2D eigenvalue weighted by molar-refractivity contribution is -0.0987. The first-order valence-electron chi connectivity index (χ1n) is 39.6. The van der Waals surface area contributed by atoms with Gasteiger partial charge in [-0.3, -0.25) is 0 Å². The quantitative estimate of drug-likeness (QED) is 0.0330. The van der Waals surface area contributed by atoms with Crippen molar-refractivity contribution in [1.82, 2.24) is 0 Å². The molecule has 22 heteroatoms. The Balaban J connectivity index is -0.000000266. The number of hydrogen-bond acceptors (Lipinski definition) is 20. The Labute approximate surface area is 637 Å². The summed E-state index contributed by atoms with van der Waals surface area (Å²) < 4.78 is 74.6. The van der Waals surface area contributed by atoms with Crippen LogP contribution >= 0.6 is 25.3 Å². The van der Waals surface area contributed by atoms with Gasteiger partial charge in [-0.05, 0) is 75.3 Å². The average molecular weight is 1530 g/mol. The van der Waals surface area contributed by atoms with Gasteiger partial charge in [0, 0.05) is 19.8 Å². The first-order chi connectivity index (χ1) is 49.3. The zero-order chi connectivity index (χ0) is 75.6. The summed E-state index contributed by atoms with van der Waals surface area (Å²) in [5.41, 5.74) is 0. The van der Waals surface area contributed by atoms with Gasteiger partial charge in [0.2, 0.25) is 8.32 Å². The molecule has 1 unspecified atom stereocenters. The fourth-order valence-electron chi connectivity index (χ4n) is 10.5. The van der Waals surface area contributed by atoms with Crippen LogP contribution in [0.2, 0.25) is 31.7 Å². The molecule has 1 atom stereocenters. The van der Waals surface area contributed by atoms with Gasteiger partial charge in [-0.15, -0.1) is 0 Å². The number of carbonyl (C=O) groups excluding carboxylic acids is 5. The van der Waals surface area contributed by atoms with Gasteiger partial charge in [0.05, 0.1) is 138 Å². The molecule has 0 aliphatic rings. The van der Waals surface area contributed by atoms with Crippen molar-refractivity contribution in [1.29, 1.82) is 0 Å². The van der Waals surface area contributed by atoms with Crippen molar-refractivity contribution in [3.63, 3.8) is 0 Å². The summed E-state index contributed by atoms with van der Waals surface area (Å²) in [7, 11) is -3.46. The summed E-state index contributed by atoms with van der Waals surface area (Å²) in [4.78, 5) is 40.0. The van der Waals surface area contributed by atoms with Crippen LogP contribution in [0.15, 0.2) is 0 Å². The highest BCUT2D eigenvalue weighted by atomic mass is 32.1. The zero-order valence-electron chi connectivity index (χ0n) is 66.2. The van der Waals surface area contributed by atoms with Crippen LogP contribution in [0.25, 0.3) is 0 Å². The summed E-state index contributed by atoms with van der Waals surface area (Å²) in [5.74, 6) is 1.82. The van der Waals surface area contributed by atoms with Crippen molar-refractivity contribution in [3.05, 3.63) is 0 Å². The molecule has 0 fully saturated rings. The highest BCUT2D eigenvalue weighted by Gasteiger charge is 2.29. The molecule has 0 bridgehead atoms. The Morgan fingerprint density at radius 2 is 0.396 bits per heavy atom. The van der Waals surface area contributed by atoms with Crippen LogP contribution < -0.4 is 0 Å². The molecule has 0 radical (unpaired) electrons. The molecule has 101 heavy (non-hydrogen) atoms. The fraction of sp³-hybridized carbons (Fsp3) is 0.937. The summed E-state index contributed by atoms with van der Waals surface area (Å²) in [6, 6.07) is 2.23. The second-order valence-electron chi connectivity index (χ2n) is 25.8. The Morgan fingerprint density at radius 3 is 0.624 bits per heavy atom. The Morgan fingerprint density at radius 1 is 0.218 bits per heavy atom. The molecule has 0 rings (SSSR count). The van der Waals surface area contributed by atoms with Gasteiger partial charge in [0.1, 0.15) is 33.9 Å². The molecular formula is C79H168O18S2Si2.